The highest BCUT2D eigenvalue weighted by atomic mass is 32.1. The number of aromatic nitrogens is 3. The summed E-state index contributed by atoms with van der Waals surface area (Å²) in [6.45, 7) is 18.2. The van der Waals surface area contributed by atoms with Crippen LogP contribution < -0.4 is 10.7 Å². The number of piperidine rings is 1. The third kappa shape index (κ3) is 9.86. The molecule has 2 N–H and O–H groups in total. The molecule has 3 aromatic heterocycles. The molecule has 4 atom stereocenters. The van der Waals surface area contributed by atoms with Gasteiger partial charge in [-0.15, -0.1) is 11.3 Å². The average molecular weight is 883 g/mol. The number of hydrogen-bond acceptors (Lipinski definition) is 11. The molecular weight excluding hydrogens is 817 g/mol. The van der Waals surface area contributed by atoms with E-state index in [0.717, 1.165) is 77.2 Å². The van der Waals surface area contributed by atoms with Crippen LogP contribution in [0.25, 0.3) is 33.4 Å². The molecule has 0 spiro atoms. The first-order valence-electron chi connectivity index (χ1n) is 22.8. The van der Waals surface area contributed by atoms with Gasteiger partial charge in [-0.25, -0.2) is 10.4 Å². The van der Waals surface area contributed by atoms with Gasteiger partial charge in [0.15, 0.2) is 0 Å². The Bertz CT molecular complexity index is 2300. The standard InChI is InChI=1S/C48H66N8O6S/c1-10-54-22-18-31(19-23-54)45(58)53(8)42(29(3)4)44(57)51-37-25-40-50-38(27-63-40)32-16-17-39-34(24-32)35(43(55(39)11-2)33-14-12-20-49-41(33)30(5)61-9)26-48(6,7)28-62-47(60)36-15-13-21-56(52-36)46(37)59/h12,14,16-17,20,24,27,29-31,36-37,42,52H,10-11,13,15,18-19,21-23,25-26,28H2,1-9H3,(H,51,57). The van der Waals surface area contributed by atoms with Crippen molar-refractivity contribution in [2.45, 2.75) is 118 Å². The minimum atomic E-state index is -1.02. The van der Waals surface area contributed by atoms with Gasteiger partial charge in [0.05, 0.1) is 34.8 Å². The molecule has 2 fully saturated rings. The summed E-state index contributed by atoms with van der Waals surface area (Å²) < 4.78 is 14.3. The number of fused-ring (bicyclic) bond motifs is 6. The van der Waals surface area contributed by atoms with Crippen molar-refractivity contribution in [2.24, 2.45) is 17.3 Å². The number of hydrogen-bond donors (Lipinski definition) is 2. The van der Waals surface area contributed by atoms with Gasteiger partial charge >= 0.3 is 5.97 Å². The van der Waals surface area contributed by atoms with Gasteiger partial charge in [0, 0.05) is 78.6 Å². The van der Waals surface area contributed by atoms with Crippen LogP contribution in [0.4, 0.5) is 0 Å². The van der Waals surface area contributed by atoms with Crippen LogP contribution in [0.5, 0.6) is 0 Å². The van der Waals surface area contributed by atoms with Gasteiger partial charge < -0.3 is 29.2 Å². The zero-order chi connectivity index (χ0) is 45.2. The molecule has 14 nitrogen and oxygen atoms in total. The number of hydrazine groups is 1. The second kappa shape index (κ2) is 19.6. The number of methoxy groups -OCH3 is 1. The van der Waals surface area contributed by atoms with Crippen molar-refractivity contribution in [1.29, 1.82) is 0 Å². The lowest BCUT2D eigenvalue weighted by Crippen LogP contribution is -2.62. The van der Waals surface area contributed by atoms with E-state index >= 15 is 0 Å². The monoisotopic (exact) mass is 882 g/mol. The fourth-order valence-electron chi connectivity index (χ4n) is 9.67. The smallest absolute Gasteiger partial charge is 0.324 e. The third-order valence-corrected chi connectivity index (χ3v) is 14.1. The van der Waals surface area contributed by atoms with E-state index < -0.39 is 35.4 Å². The van der Waals surface area contributed by atoms with E-state index in [4.69, 9.17) is 19.4 Å². The quantitative estimate of drug-likeness (QED) is 0.171. The Morgan fingerprint density at radius 1 is 1.08 bits per heavy atom. The molecule has 3 amide bonds. The number of pyridine rings is 1. The van der Waals surface area contributed by atoms with Gasteiger partial charge in [0.25, 0.3) is 5.91 Å². The van der Waals surface area contributed by atoms with E-state index in [9.17, 15) is 19.2 Å². The van der Waals surface area contributed by atoms with Crippen LogP contribution >= 0.6 is 11.3 Å². The lowest BCUT2D eigenvalue weighted by atomic mass is 9.84. The van der Waals surface area contributed by atoms with Crippen molar-refractivity contribution in [1.82, 2.24) is 40.1 Å². The minimum absolute atomic E-state index is 0.0469. The van der Waals surface area contributed by atoms with Gasteiger partial charge in [0.2, 0.25) is 11.8 Å². The lowest BCUT2D eigenvalue weighted by Gasteiger charge is -2.38. The summed E-state index contributed by atoms with van der Waals surface area (Å²) >= 11 is 1.44. The molecule has 0 aliphatic carbocycles. The van der Waals surface area contributed by atoms with E-state index in [2.05, 4.69) is 72.2 Å². The summed E-state index contributed by atoms with van der Waals surface area (Å²) in [4.78, 5) is 70.6. The Morgan fingerprint density at radius 3 is 2.54 bits per heavy atom. The Morgan fingerprint density at radius 2 is 1.84 bits per heavy atom. The number of esters is 1. The maximum atomic E-state index is 14.6. The molecule has 63 heavy (non-hydrogen) atoms. The second-order valence-electron chi connectivity index (χ2n) is 18.6. The molecule has 7 rings (SSSR count). The summed E-state index contributed by atoms with van der Waals surface area (Å²) in [6, 6.07) is 7.92. The number of aryl methyl sites for hydroxylation is 1. The van der Waals surface area contributed by atoms with E-state index in [1.165, 1.54) is 16.3 Å². The molecule has 6 bridgehead atoms. The molecule has 1 aromatic carbocycles. The van der Waals surface area contributed by atoms with Gasteiger partial charge in [-0.2, -0.15) is 0 Å². The first-order valence-corrected chi connectivity index (χ1v) is 23.6. The number of nitrogens with one attached hydrogen (secondary N) is 2. The van der Waals surface area contributed by atoms with E-state index in [-0.39, 0.29) is 42.8 Å². The maximum absolute atomic E-state index is 14.6. The number of cyclic esters (lactones) is 1. The van der Waals surface area contributed by atoms with Crippen molar-refractivity contribution in [3.05, 3.63) is 58.2 Å². The SMILES string of the molecule is CCN1CCC(C(=O)N(C)C(C(=O)NC2Cc3nc(cs3)-c3ccc4c(c3)c(c(-c3cccnc3C(C)OC)n4CC)CC(C)(C)COC(=O)C3CCCN(N3)C2=O)C(C)C)CC1. The van der Waals surface area contributed by atoms with Crippen LogP contribution in [0.15, 0.2) is 41.9 Å². The first kappa shape index (κ1) is 46.3. The predicted molar refractivity (Wildman–Crippen MR) is 246 cm³/mol. The molecule has 2 saturated heterocycles. The van der Waals surface area contributed by atoms with Crippen molar-refractivity contribution in [3.8, 4) is 22.5 Å². The van der Waals surface area contributed by atoms with Crippen molar-refractivity contribution >= 4 is 45.9 Å². The summed E-state index contributed by atoms with van der Waals surface area (Å²) in [7, 11) is 3.40. The molecule has 4 unspecified atom stereocenters. The molecule has 0 saturated carbocycles. The van der Waals surface area contributed by atoms with Crippen molar-refractivity contribution < 1.29 is 28.7 Å². The molecule has 6 heterocycles. The Hall–Kier alpha value is -4.70. The van der Waals surface area contributed by atoms with Gasteiger partial charge in [0.1, 0.15) is 18.1 Å². The number of likely N-dealkylation sites (N-methyl/N-ethyl adjacent to an activating group) is 1. The molecule has 0 radical (unpaired) electrons. The first-order chi connectivity index (χ1) is 30.1. The Balaban J connectivity index is 1.27. The van der Waals surface area contributed by atoms with Crippen LogP contribution in [0.2, 0.25) is 0 Å². The van der Waals surface area contributed by atoms with Crippen LogP contribution in [0.1, 0.15) is 96.5 Å². The van der Waals surface area contributed by atoms with E-state index in [1.807, 2.05) is 32.2 Å². The van der Waals surface area contributed by atoms with Crippen LogP contribution in [-0.2, 0) is 48.0 Å². The summed E-state index contributed by atoms with van der Waals surface area (Å²) in [5, 5.41) is 8.28. The highest BCUT2D eigenvalue weighted by Gasteiger charge is 2.39. The molecule has 4 aromatic rings. The number of thiazole rings is 1. The zero-order valence-electron chi connectivity index (χ0n) is 38.5. The number of benzene rings is 1. The largest absolute Gasteiger partial charge is 0.464 e. The summed E-state index contributed by atoms with van der Waals surface area (Å²) in [5.41, 5.74) is 9.45. The minimum Gasteiger partial charge on any atom is -0.464 e. The Labute approximate surface area is 376 Å². The van der Waals surface area contributed by atoms with Gasteiger partial charge in [-0.1, -0.05) is 40.7 Å². The van der Waals surface area contributed by atoms with Gasteiger partial charge in [-0.05, 0) is 101 Å². The van der Waals surface area contributed by atoms with Gasteiger partial charge in [-0.3, -0.25) is 29.2 Å². The summed E-state index contributed by atoms with van der Waals surface area (Å²) in [6.07, 6.45) is 4.84. The fraction of sp³-hybridized carbons (Fsp3) is 0.583. The number of amides is 3. The van der Waals surface area contributed by atoms with E-state index in [0.29, 0.717) is 37.4 Å². The molecular formula is C48H66N8O6S. The lowest BCUT2D eigenvalue weighted by molar-refractivity contribution is -0.155. The zero-order valence-corrected chi connectivity index (χ0v) is 39.3. The molecule has 3 aliphatic heterocycles. The normalized spacial score (nSPS) is 21.2. The fourth-order valence-corrected chi connectivity index (χ4v) is 10.5. The maximum Gasteiger partial charge on any atom is 0.324 e. The molecule has 3 aliphatic rings. The predicted octanol–water partition coefficient (Wildman–Crippen LogP) is 6.42. The highest BCUT2D eigenvalue weighted by Crippen LogP contribution is 2.42. The average Bonchev–Trinajstić information content (AvgIpc) is 3.88. The van der Waals surface area contributed by atoms with Crippen LogP contribution in [0.3, 0.4) is 0 Å². The van der Waals surface area contributed by atoms with E-state index in [1.54, 1.807) is 25.3 Å². The van der Waals surface area contributed by atoms with Crippen molar-refractivity contribution in [2.75, 3.05) is 46.9 Å². The third-order valence-electron chi connectivity index (χ3n) is 13.2. The number of rotatable bonds is 10. The number of ether oxygens (including phenoxy) is 2. The topological polar surface area (TPSA) is 151 Å². The molecule has 15 heteroatoms. The second-order valence-corrected chi connectivity index (χ2v) is 19.6. The molecule has 340 valence electrons. The number of likely N-dealkylation sites (tertiary alicyclic amines) is 1. The van der Waals surface area contributed by atoms with Crippen LogP contribution in [0, 0.1) is 17.3 Å². The van der Waals surface area contributed by atoms with Crippen LogP contribution in [-0.4, -0.2) is 118 Å². The Kier molecular flexibility index (Phi) is 14.4. The number of nitrogens with zero attached hydrogens (tertiary/aromatic N) is 6. The number of carbonyl (C=O) groups is 4. The van der Waals surface area contributed by atoms with Crippen molar-refractivity contribution in [3.63, 3.8) is 0 Å². The number of carbonyl (C=O) groups excluding carboxylic acids is 4. The highest BCUT2D eigenvalue weighted by molar-refractivity contribution is 7.10. The summed E-state index contributed by atoms with van der Waals surface area (Å²) in [5.74, 6) is -1.63.